The number of nitrogens with zero attached hydrogens (tertiary/aromatic N) is 2. The number of hydrogen-bond donors (Lipinski definition) is 1. The van der Waals surface area contributed by atoms with Gasteiger partial charge < -0.3 is 5.32 Å². The van der Waals surface area contributed by atoms with Gasteiger partial charge in [-0.15, -0.1) is 17.8 Å². The summed E-state index contributed by atoms with van der Waals surface area (Å²) in [5.41, 5.74) is 0.0225. The van der Waals surface area contributed by atoms with Gasteiger partial charge >= 0.3 is 5.91 Å². The van der Waals surface area contributed by atoms with Crippen LogP contribution in [0, 0.1) is 22.5 Å². The van der Waals surface area contributed by atoms with Gasteiger partial charge in [0.05, 0.1) is 10.6 Å². The van der Waals surface area contributed by atoms with Crippen molar-refractivity contribution in [3.8, 4) is 12.3 Å². The fourth-order valence-electron chi connectivity index (χ4n) is 3.56. The number of benzene rings is 1. The Morgan fingerprint density at radius 3 is 2.62 bits per heavy atom. The third kappa shape index (κ3) is 4.81. The first-order valence-corrected chi connectivity index (χ1v) is 10.3. The molecule has 1 unspecified atom stereocenters. The van der Waals surface area contributed by atoms with Gasteiger partial charge in [0.1, 0.15) is 0 Å². The molecule has 0 radical (unpaired) electrons. The topological polar surface area (TPSA) is 92.6 Å². The molecule has 3 rings (SSSR count). The van der Waals surface area contributed by atoms with Gasteiger partial charge in [-0.2, -0.15) is 0 Å². The first kappa shape index (κ1) is 20.6. The Morgan fingerprint density at radius 1 is 1.24 bits per heavy atom. The Bertz CT molecular complexity index is 930. The number of thiophene rings is 1. The van der Waals surface area contributed by atoms with Crippen molar-refractivity contribution in [1.29, 1.82) is 0 Å². The highest BCUT2D eigenvalue weighted by molar-refractivity contribution is 7.10. The SMILES string of the molecule is C#CC(=O)N(c1cccc([N+](=O)[O-])c1)C(C(=O)NC1CCCCC1)c1cccs1. The molecule has 1 aromatic carbocycles. The van der Waals surface area contributed by atoms with Crippen LogP contribution in [0.5, 0.6) is 0 Å². The van der Waals surface area contributed by atoms with E-state index in [9.17, 15) is 19.7 Å². The molecule has 1 atom stereocenters. The fraction of sp³-hybridized carbons (Fsp3) is 0.333. The van der Waals surface area contributed by atoms with Gasteiger partial charge in [-0.3, -0.25) is 24.6 Å². The van der Waals surface area contributed by atoms with Gasteiger partial charge in [0.15, 0.2) is 6.04 Å². The second kappa shape index (κ2) is 9.34. The summed E-state index contributed by atoms with van der Waals surface area (Å²) in [5, 5.41) is 16.0. The first-order valence-electron chi connectivity index (χ1n) is 9.39. The van der Waals surface area contributed by atoms with Crippen molar-refractivity contribution in [3.05, 3.63) is 56.8 Å². The number of rotatable bonds is 6. The average Bonchev–Trinajstić information content (AvgIpc) is 3.26. The molecule has 2 aromatic rings. The molecule has 8 heteroatoms. The maximum absolute atomic E-state index is 13.3. The minimum Gasteiger partial charge on any atom is -0.351 e. The number of carbonyl (C=O) groups excluding carboxylic acids is 2. The van der Waals surface area contributed by atoms with Gasteiger partial charge in [-0.05, 0) is 36.3 Å². The van der Waals surface area contributed by atoms with Gasteiger partial charge in [-0.25, -0.2) is 0 Å². The predicted octanol–water partition coefficient (Wildman–Crippen LogP) is 3.81. The Morgan fingerprint density at radius 2 is 2.00 bits per heavy atom. The lowest BCUT2D eigenvalue weighted by atomic mass is 9.95. The average molecular weight is 411 g/mol. The highest BCUT2D eigenvalue weighted by Gasteiger charge is 2.34. The summed E-state index contributed by atoms with van der Waals surface area (Å²) in [7, 11) is 0. The minimum absolute atomic E-state index is 0.0478. The molecule has 1 fully saturated rings. The third-order valence-corrected chi connectivity index (χ3v) is 5.86. The molecule has 0 spiro atoms. The van der Waals surface area contributed by atoms with Gasteiger partial charge in [0.2, 0.25) is 5.91 Å². The third-order valence-electron chi connectivity index (χ3n) is 4.93. The second-order valence-electron chi connectivity index (χ2n) is 6.86. The lowest BCUT2D eigenvalue weighted by Gasteiger charge is -2.31. The number of nitro groups is 1. The second-order valence-corrected chi connectivity index (χ2v) is 7.84. The number of terminal acetylenes is 1. The molecule has 0 aliphatic heterocycles. The van der Waals surface area contributed by atoms with Crippen LogP contribution in [0.15, 0.2) is 41.8 Å². The van der Waals surface area contributed by atoms with Crippen LogP contribution in [0.2, 0.25) is 0 Å². The van der Waals surface area contributed by atoms with Crippen molar-refractivity contribution in [2.75, 3.05) is 4.90 Å². The van der Waals surface area contributed by atoms with Crippen LogP contribution < -0.4 is 10.2 Å². The Labute approximate surface area is 172 Å². The monoisotopic (exact) mass is 411 g/mol. The zero-order chi connectivity index (χ0) is 20.8. The Hall–Kier alpha value is -3.18. The summed E-state index contributed by atoms with van der Waals surface area (Å²) in [6.45, 7) is 0. The van der Waals surface area contributed by atoms with Gasteiger partial charge in [-0.1, -0.05) is 31.4 Å². The molecule has 1 N–H and O–H groups in total. The summed E-state index contributed by atoms with van der Waals surface area (Å²) < 4.78 is 0. The maximum Gasteiger partial charge on any atom is 0.303 e. The number of carbonyl (C=O) groups is 2. The van der Waals surface area contributed by atoms with Crippen molar-refractivity contribution in [2.24, 2.45) is 0 Å². The van der Waals surface area contributed by atoms with E-state index in [4.69, 9.17) is 6.42 Å². The highest BCUT2D eigenvalue weighted by Crippen LogP contribution is 2.33. The zero-order valence-corrected chi connectivity index (χ0v) is 16.6. The van der Waals surface area contributed by atoms with Crippen LogP contribution >= 0.6 is 11.3 Å². The number of nitro benzene ring substituents is 1. The molecule has 7 nitrogen and oxygen atoms in total. The Balaban J connectivity index is 2.01. The van der Waals surface area contributed by atoms with Crippen molar-refractivity contribution in [1.82, 2.24) is 5.32 Å². The van der Waals surface area contributed by atoms with Gasteiger partial charge in [0, 0.05) is 23.1 Å². The van der Waals surface area contributed by atoms with Crippen LogP contribution in [-0.2, 0) is 9.59 Å². The van der Waals surface area contributed by atoms with E-state index in [1.54, 1.807) is 12.1 Å². The zero-order valence-electron chi connectivity index (χ0n) is 15.7. The molecule has 0 saturated heterocycles. The molecule has 1 aliphatic carbocycles. The lowest BCUT2D eigenvalue weighted by molar-refractivity contribution is -0.384. The maximum atomic E-state index is 13.3. The van der Waals surface area contributed by atoms with Crippen LogP contribution in [-0.4, -0.2) is 22.8 Å². The standard InChI is InChI=1S/C21H21N3O4S/c1-2-19(25)23(16-10-6-11-17(14-16)24(27)28)20(18-12-7-13-29-18)21(26)22-15-8-4-3-5-9-15/h1,6-7,10-15,20H,3-5,8-9H2,(H,22,26). The smallest absolute Gasteiger partial charge is 0.303 e. The molecule has 1 saturated carbocycles. The number of hydrogen-bond acceptors (Lipinski definition) is 5. The lowest BCUT2D eigenvalue weighted by Crippen LogP contribution is -2.46. The predicted molar refractivity (Wildman–Crippen MR) is 111 cm³/mol. The molecular weight excluding hydrogens is 390 g/mol. The van der Waals surface area contributed by atoms with Crippen LogP contribution in [0.4, 0.5) is 11.4 Å². The number of anilines is 1. The minimum atomic E-state index is -0.998. The van der Waals surface area contributed by atoms with E-state index < -0.39 is 16.9 Å². The van der Waals surface area contributed by atoms with Gasteiger partial charge in [0.25, 0.3) is 5.69 Å². The molecule has 150 valence electrons. The van der Waals surface area contributed by atoms with Crippen molar-refractivity contribution in [3.63, 3.8) is 0 Å². The number of amides is 2. The molecule has 1 heterocycles. The van der Waals surface area contributed by atoms with E-state index in [0.29, 0.717) is 4.88 Å². The van der Waals surface area contributed by atoms with E-state index >= 15 is 0 Å². The van der Waals surface area contributed by atoms with E-state index in [1.807, 2.05) is 5.38 Å². The molecule has 1 aliphatic rings. The summed E-state index contributed by atoms with van der Waals surface area (Å²) in [4.78, 5) is 38.4. The largest absolute Gasteiger partial charge is 0.351 e. The van der Waals surface area contributed by atoms with Crippen molar-refractivity contribution < 1.29 is 14.5 Å². The van der Waals surface area contributed by atoms with E-state index in [2.05, 4.69) is 11.2 Å². The highest BCUT2D eigenvalue weighted by atomic mass is 32.1. The Kier molecular flexibility index (Phi) is 6.62. The first-order chi connectivity index (χ1) is 14.0. The molecule has 0 bridgehead atoms. The summed E-state index contributed by atoms with van der Waals surface area (Å²) in [5.74, 6) is 0.983. The molecule has 29 heavy (non-hydrogen) atoms. The molecule has 2 amide bonds. The summed E-state index contributed by atoms with van der Waals surface area (Å²) >= 11 is 1.33. The van der Waals surface area contributed by atoms with E-state index in [-0.39, 0.29) is 23.3 Å². The van der Waals surface area contributed by atoms with E-state index in [0.717, 1.165) is 37.0 Å². The summed E-state index contributed by atoms with van der Waals surface area (Å²) in [6.07, 6.45) is 10.4. The molecule has 1 aromatic heterocycles. The quantitative estimate of drug-likeness (QED) is 0.444. The van der Waals surface area contributed by atoms with Crippen LogP contribution in [0.1, 0.15) is 43.0 Å². The van der Waals surface area contributed by atoms with Crippen molar-refractivity contribution in [2.45, 2.75) is 44.2 Å². The number of nitrogens with one attached hydrogen (secondary N) is 1. The number of non-ortho nitro benzene ring substituents is 1. The van der Waals surface area contributed by atoms with E-state index in [1.165, 1.54) is 35.6 Å². The molecular formula is C21H21N3O4S. The summed E-state index contributed by atoms with van der Waals surface area (Å²) in [6, 6.07) is 8.17. The van der Waals surface area contributed by atoms with Crippen molar-refractivity contribution >= 4 is 34.5 Å². The van der Waals surface area contributed by atoms with Crippen LogP contribution in [0.25, 0.3) is 0 Å². The van der Waals surface area contributed by atoms with Crippen LogP contribution in [0.3, 0.4) is 0 Å². The fourth-order valence-corrected chi connectivity index (χ4v) is 4.37. The normalized spacial score (nSPS) is 15.1.